The van der Waals surface area contributed by atoms with Crippen molar-refractivity contribution in [1.82, 2.24) is 14.8 Å². The molecule has 2 heterocycles. The second kappa shape index (κ2) is 3.16. The number of carbonyl (C=O) groups is 1. The van der Waals surface area contributed by atoms with Gasteiger partial charge in [0.05, 0.1) is 12.5 Å². The molecule has 1 aliphatic heterocycles. The molecule has 5 heteroatoms. The van der Waals surface area contributed by atoms with Gasteiger partial charge >= 0.3 is 5.97 Å². The van der Waals surface area contributed by atoms with E-state index in [1.54, 1.807) is 4.68 Å². The first-order valence-corrected chi connectivity index (χ1v) is 4.37. The minimum atomic E-state index is -0.770. The van der Waals surface area contributed by atoms with Crippen LogP contribution in [-0.2, 0) is 11.2 Å². The predicted octanol–water partition coefficient (Wildman–Crippen LogP) is 0.630. The Morgan fingerprint density at radius 2 is 2.62 bits per heavy atom. The number of aryl methyl sites for hydroxylation is 1. The van der Waals surface area contributed by atoms with Gasteiger partial charge in [-0.25, -0.2) is 9.67 Å². The SMILES string of the molecule is O=C(O)CC1CCCc2ncnn21. The van der Waals surface area contributed by atoms with Crippen molar-refractivity contribution in [3.63, 3.8) is 0 Å². The number of fused-ring (bicyclic) bond motifs is 1. The van der Waals surface area contributed by atoms with E-state index < -0.39 is 5.97 Å². The summed E-state index contributed by atoms with van der Waals surface area (Å²) >= 11 is 0. The zero-order valence-electron chi connectivity index (χ0n) is 7.18. The lowest BCUT2D eigenvalue weighted by molar-refractivity contribution is -0.138. The fourth-order valence-electron chi connectivity index (χ4n) is 1.77. The van der Waals surface area contributed by atoms with Crippen LogP contribution in [-0.4, -0.2) is 25.8 Å². The standard InChI is InChI=1S/C8H11N3O2/c12-8(13)4-6-2-1-3-7-9-5-10-11(6)7/h5-6H,1-4H2,(H,12,13). The first-order chi connectivity index (χ1) is 6.27. The van der Waals surface area contributed by atoms with Gasteiger partial charge in [-0.1, -0.05) is 0 Å². The van der Waals surface area contributed by atoms with Gasteiger partial charge in [0.15, 0.2) is 0 Å². The number of carboxylic acid groups (broad SMARTS) is 1. The van der Waals surface area contributed by atoms with E-state index in [1.165, 1.54) is 6.33 Å². The summed E-state index contributed by atoms with van der Waals surface area (Å²) in [5, 5.41) is 12.7. The van der Waals surface area contributed by atoms with Crippen LogP contribution >= 0.6 is 0 Å². The minimum Gasteiger partial charge on any atom is -0.481 e. The molecule has 1 aliphatic rings. The molecule has 0 saturated carbocycles. The molecule has 0 bridgehead atoms. The third kappa shape index (κ3) is 1.54. The van der Waals surface area contributed by atoms with Gasteiger partial charge in [0, 0.05) is 6.42 Å². The summed E-state index contributed by atoms with van der Waals surface area (Å²) in [5.41, 5.74) is 0. The van der Waals surface area contributed by atoms with Crippen molar-refractivity contribution in [1.29, 1.82) is 0 Å². The first kappa shape index (κ1) is 8.22. The van der Waals surface area contributed by atoms with Gasteiger partial charge < -0.3 is 5.11 Å². The molecular formula is C8H11N3O2. The zero-order chi connectivity index (χ0) is 9.26. The number of hydrogen-bond donors (Lipinski definition) is 1. The lowest BCUT2D eigenvalue weighted by atomic mass is 10.0. The highest BCUT2D eigenvalue weighted by atomic mass is 16.4. The lowest BCUT2D eigenvalue weighted by Gasteiger charge is -2.21. The maximum Gasteiger partial charge on any atom is 0.305 e. The second-order valence-corrected chi connectivity index (χ2v) is 3.26. The van der Waals surface area contributed by atoms with Crippen LogP contribution in [0.15, 0.2) is 6.33 Å². The molecule has 1 unspecified atom stereocenters. The Hall–Kier alpha value is -1.39. The van der Waals surface area contributed by atoms with E-state index in [2.05, 4.69) is 10.1 Å². The van der Waals surface area contributed by atoms with E-state index in [1.807, 2.05) is 0 Å². The average Bonchev–Trinajstić information content (AvgIpc) is 2.51. The van der Waals surface area contributed by atoms with Crippen LogP contribution in [0.25, 0.3) is 0 Å². The number of hydrogen-bond acceptors (Lipinski definition) is 3. The summed E-state index contributed by atoms with van der Waals surface area (Å²) in [5.74, 6) is 0.144. The van der Waals surface area contributed by atoms with E-state index in [0.29, 0.717) is 0 Å². The molecule has 5 nitrogen and oxygen atoms in total. The number of carboxylic acids is 1. The van der Waals surface area contributed by atoms with Gasteiger partial charge in [-0.15, -0.1) is 0 Å². The summed E-state index contributed by atoms with van der Waals surface area (Å²) in [6.45, 7) is 0. The molecule has 2 rings (SSSR count). The molecule has 1 atom stereocenters. The molecule has 0 aromatic carbocycles. The fourth-order valence-corrected chi connectivity index (χ4v) is 1.77. The fraction of sp³-hybridized carbons (Fsp3) is 0.625. The topological polar surface area (TPSA) is 68.0 Å². The summed E-state index contributed by atoms with van der Waals surface area (Å²) in [6, 6.07) is 0.00347. The largest absolute Gasteiger partial charge is 0.481 e. The van der Waals surface area contributed by atoms with Crippen LogP contribution in [0.3, 0.4) is 0 Å². The normalized spacial score (nSPS) is 21.1. The summed E-state index contributed by atoms with van der Waals surface area (Å²) in [6.07, 6.45) is 4.46. The third-order valence-corrected chi connectivity index (χ3v) is 2.34. The van der Waals surface area contributed by atoms with Gasteiger partial charge in [0.1, 0.15) is 12.2 Å². The molecule has 0 spiro atoms. The van der Waals surface area contributed by atoms with Gasteiger partial charge in [-0.05, 0) is 12.8 Å². The van der Waals surface area contributed by atoms with Gasteiger partial charge in [0.25, 0.3) is 0 Å². The molecule has 0 amide bonds. The van der Waals surface area contributed by atoms with E-state index >= 15 is 0 Å². The van der Waals surface area contributed by atoms with Crippen LogP contribution in [0.4, 0.5) is 0 Å². The Balaban J connectivity index is 2.20. The minimum absolute atomic E-state index is 0.00347. The summed E-state index contributed by atoms with van der Waals surface area (Å²) in [4.78, 5) is 14.6. The molecule has 1 aromatic heterocycles. The van der Waals surface area contributed by atoms with E-state index in [4.69, 9.17) is 5.11 Å². The van der Waals surface area contributed by atoms with Gasteiger partial charge in [0.2, 0.25) is 0 Å². The molecule has 1 N–H and O–H groups in total. The highest BCUT2D eigenvalue weighted by Crippen LogP contribution is 2.24. The van der Waals surface area contributed by atoms with Crippen molar-refractivity contribution in [3.8, 4) is 0 Å². The quantitative estimate of drug-likeness (QED) is 0.726. The number of rotatable bonds is 2. The first-order valence-electron chi connectivity index (χ1n) is 4.37. The van der Waals surface area contributed by atoms with Crippen molar-refractivity contribution in [2.45, 2.75) is 31.7 Å². The molecule has 1 aromatic rings. The smallest absolute Gasteiger partial charge is 0.305 e. The van der Waals surface area contributed by atoms with Crippen LogP contribution < -0.4 is 0 Å². The molecule has 0 radical (unpaired) electrons. The predicted molar refractivity (Wildman–Crippen MR) is 44.2 cm³/mol. The zero-order valence-corrected chi connectivity index (χ0v) is 7.18. The molecule has 0 aliphatic carbocycles. The summed E-state index contributed by atoms with van der Waals surface area (Å²) in [7, 11) is 0. The van der Waals surface area contributed by atoms with Crippen molar-refractivity contribution in [2.75, 3.05) is 0 Å². The highest BCUT2D eigenvalue weighted by Gasteiger charge is 2.22. The summed E-state index contributed by atoms with van der Waals surface area (Å²) < 4.78 is 1.75. The Morgan fingerprint density at radius 1 is 1.77 bits per heavy atom. The van der Waals surface area contributed by atoms with Crippen molar-refractivity contribution in [3.05, 3.63) is 12.2 Å². The Labute approximate surface area is 75.4 Å². The third-order valence-electron chi connectivity index (χ3n) is 2.34. The Kier molecular flexibility index (Phi) is 2.00. The second-order valence-electron chi connectivity index (χ2n) is 3.26. The molecule has 0 saturated heterocycles. The molecule has 13 heavy (non-hydrogen) atoms. The maximum atomic E-state index is 10.5. The number of aromatic nitrogens is 3. The lowest BCUT2D eigenvalue weighted by Crippen LogP contribution is -2.21. The van der Waals surface area contributed by atoms with E-state index in [9.17, 15) is 4.79 Å². The Morgan fingerprint density at radius 3 is 3.38 bits per heavy atom. The number of nitrogens with zero attached hydrogens (tertiary/aromatic N) is 3. The van der Waals surface area contributed by atoms with E-state index in [0.717, 1.165) is 25.1 Å². The molecular weight excluding hydrogens is 170 g/mol. The van der Waals surface area contributed by atoms with Crippen LogP contribution in [0, 0.1) is 0 Å². The van der Waals surface area contributed by atoms with Gasteiger partial charge in [-0.3, -0.25) is 4.79 Å². The molecule has 0 fully saturated rings. The van der Waals surface area contributed by atoms with Crippen molar-refractivity contribution in [2.24, 2.45) is 0 Å². The van der Waals surface area contributed by atoms with Crippen LogP contribution in [0.1, 0.15) is 31.1 Å². The van der Waals surface area contributed by atoms with Crippen molar-refractivity contribution < 1.29 is 9.90 Å². The van der Waals surface area contributed by atoms with E-state index in [-0.39, 0.29) is 12.5 Å². The highest BCUT2D eigenvalue weighted by molar-refractivity contribution is 5.67. The van der Waals surface area contributed by atoms with Crippen molar-refractivity contribution >= 4 is 5.97 Å². The monoisotopic (exact) mass is 181 g/mol. The maximum absolute atomic E-state index is 10.5. The van der Waals surface area contributed by atoms with Gasteiger partial charge in [-0.2, -0.15) is 5.10 Å². The average molecular weight is 181 g/mol. The molecule has 70 valence electrons. The van der Waals surface area contributed by atoms with Crippen LogP contribution in [0.2, 0.25) is 0 Å². The van der Waals surface area contributed by atoms with Crippen LogP contribution in [0.5, 0.6) is 0 Å². The number of aliphatic carboxylic acids is 1. The Bertz CT molecular complexity index is 321.